The van der Waals surface area contributed by atoms with Crippen molar-refractivity contribution in [2.45, 2.75) is 12.8 Å². The van der Waals surface area contributed by atoms with Gasteiger partial charge in [-0.2, -0.15) is 5.10 Å². The molecule has 3 aromatic rings. The summed E-state index contributed by atoms with van der Waals surface area (Å²) >= 11 is 0. The molecule has 1 N–H and O–H groups in total. The summed E-state index contributed by atoms with van der Waals surface area (Å²) in [5, 5.41) is 6.64. The van der Waals surface area contributed by atoms with Gasteiger partial charge in [0.05, 0.1) is 0 Å². The van der Waals surface area contributed by atoms with Gasteiger partial charge in [-0.25, -0.2) is 4.98 Å². The zero-order valence-electron chi connectivity index (χ0n) is 14.8. The molecular formula is C21H20N4O2. The largest absolute Gasteiger partial charge is 0.338 e. The van der Waals surface area contributed by atoms with Crippen molar-refractivity contribution in [3.8, 4) is 11.4 Å². The summed E-state index contributed by atoms with van der Waals surface area (Å²) in [5.74, 6) is 0.609. The molecule has 1 atom stereocenters. The third-order valence-electron chi connectivity index (χ3n) is 4.96. The Kier molecular flexibility index (Phi) is 4.78. The van der Waals surface area contributed by atoms with Crippen molar-refractivity contribution in [3.63, 3.8) is 0 Å². The first-order chi connectivity index (χ1) is 13.2. The van der Waals surface area contributed by atoms with Crippen LogP contribution in [-0.4, -0.2) is 44.9 Å². The van der Waals surface area contributed by atoms with E-state index in [4.69, 9.17) is 0 Å². The van der Waals surface area contributed by atoms with Gasteiger partial charge in [-0.1, -0.05) is 42.5 Å². The van der Waals surface area contributed by atoms with Crippen molar-refractivity contribution < 1.29 is 9.59 Å². The van der Waals surface area contributed by atoms with E-state index in [0.29, 0.717) is 30.0 Å². The molecule has 2 heterocycles. The lowest BCUT2D eigenvalue weighted by Gasteiger charge is -2.32. The molecule has 0 saturated carbocycles. The van der Waals surface area contributed by atoms with Gasteiger partial charge in [0.15, 0.2) is 11.6 Å². The third-order valence-corrected chi connectivity index (χ3v) is 4.96. The van der Waals surface area contributed by atoms with Crippen molar-refractivity contribution in [2.24, 2.45) is 5.92 Å². The average molecular weight is 360 g/mol. The fraction of sp³-hybridized carbons (Fsp3) is 0.238. The first-order valence-corrected chi connectivity index (χ1v) is 9.07. The second kappa shape index (κ2) is 7.53. The first-order valence-electron chi connectivity index (χ1n) is 9.07. The summed E-state index contributed by atoms with van der Waals surface area (Å²) < 4.78 is 0. The molecule has 6 nitrogen and oxygen atoms in total. The van der Waals surface area contributed by atoms with Gasteiger partial charge in [0.25, 0.3) is 5.91 Å². The van der Waals surface area contributed by atoms with Crippen LogP contribution < -0.4 is 0 Å². The molecule has 27 heavy (non-hydrogen) atoms. The predicted molar refractivity (Wildman–Crippen MR) is 101 cm³/mol. The van der Waals surface area contributed by atoms with Gasteiger partial charge in [-0.05, 0) is 25.0 Å². The number of benzene rings is 2. The number of H-pyrrole nitrogens is 1. The summed E-state index contributed by atoms with van der Waals surface area (Å²) in [6, 6.07) is 16.6. The molecule has 0 unspecified atom stereocenters. The predicted octanol–water partition coefficient (Wildman–Crippen LogP) is 3.21. The lowest BCUT2D eigenvalue weighted by Crippen LogP contribution is -2.42. The number of amides is 1. The van der Waals surface area contributed by atoms with Gasteiger partial charge in [0.1, 0.15) is 6.33 Å². The van der Waals surface area contributed by atoms with Crippen LogP contribution in [0, 0.1) is 5.92 Å². The van der Waals surface area contributed by atoms with Crippen LogP contribution in [0.15, 0.2) is 60.9 Å². The topological polar surface area (TPSA) is 79.0 Å². The number of Topliss-reactive ketones (excluding diaryl/α,β-unsaturated/α-hetero) is 1. The number of nitrogens with one attached hydrogen (secondary N) is 1. The summed E-state index contributed by atoms with van der Waals surface area (Å²) in [6.07, 6.45) is 3.11. The lowest BCUT2D eigenvalue weighted by atomic mass is 9.89. The molecule has 1 fully saturated rings. The molecular weight excluding hydrogens is 340 g/mol. The van der Waals surface area contributed by atoms with Crippen molar-refractivity contribution in [1.82, 2.24) is 20.1 Å². The Morgan fingerprint density at radius 3 is 2.48 bits per heavy atom. The van der Waals surface area contributed by atoms with E-state index in [9.17, 15) is 9.59 Å². The van der Waals surface area contributed by atoms with Crippen LogP contribution in [0.4, 0.5) is 0 Å². The molecule has 0 aliphatic carbocycles. The monoisotopic (exact) mass is 360 g/mol. The van der Waals surface area contributed by atoms with Crippen LogP contribution in [-0.2, 0) is 0 Å². The number of ketones is 1. The highest BCUT2D eigenvalue weighted by Crippen LogP contribution is 2.23. The van der Waals surface area contributed by atoms with Crippen molar-refractivity contribution in [1.29, 1.82) is 0 Å². The van der Waals surface area contributed by atoms with Gasteiger partial charge in [0, 0.05) is 35.7 Å². The number of aromatic nitrogens is 3. The number of piperidine rings is 1. The van der Waals surface area contributed by atoms with E-state index < -0.39 is 0 Å². The van der Waals surface area contributed by atoms with E-state index >= 15 is 0 Å². The zero-order chi connectivity index (χ0) is 18.6. The number of aromatic amines is 1. The molecule has 2 aromatic carbocycles. The van der Waals surface area contributed by atoms with Crippen LogP contribution in [0.2, 0.25) is 0 Å². The minimum Gasteiger partial charge on any atom is -0.338 e. The standard InChI is InChI=1S/C21H20N4O2/c26-19(15-5-2-1-3-6-15)18-7-4-12-25(13-18)21(27)17-10-8-16(9-11-17)20-22-14-23-24-20/h1-3,5-6,8-11,14,18H,4,7,12-13H2,(H,22,23,24)/t18-/m1/s1. The van der Waals surface area contributed by atoms with Crippen molar-refractivity contribution >= 4 is 11.7 Å². The van der Waals surface area contributed by atoms with E-state index in [-0.39, 0.29) is 17.6 Å². The number of hydrogen-bond acceptors (Lipinski definition) is 4. The molecule has 4 rings (SSSR count). The SMILES string of the molecule is O=C(c1ccccc1)[C@@H]1CCCN(C(=O)c2ccc(-c3ncn[nH]3)cc2)C1. The highest BCUT2D eigenvalue weighted by atomic mass is 16.2. The van der Waals surface area contributed by atoms with E-state index in [2.05, 4.69) is 15.2 Å². The molecule has 1 saturated heterocycles. The normalized spacial score (nSPS) is 16.9. The Hall–Kier alpha value is -3.28. The number of rotatable bonds is 4. The Labute approximate surface area is 157 Å². The maximum atomic E-state index is 12.9. The zero-order valence-corrected chi connectivity index (χ0v) is 14.8. The number of likely N-dealkylation sites (tertiary alicyclic amines) is 1. The van der Waals surface area contributed by atoms with Crippen LogP contribution >= 0.6 is 0 Å². The van der Waals surface area contributed by atoms with Crippen LogP contribution in [0.1, 0.15) is 33.6 Å². The van der Waals surface area contributed by atoms with Gasteiger partial charge >= 0.3 is 0 Å². The second-order valence-corrected chi connectivity index (χ2v) is 6.73. The molecule has 1 aliphatic rings. The fourth-order valence-electron chi connectivity index (χ4n) is 3.51. The van der Waals surface area contributed by atoms with E-state index in [0.717, 1.165) is 18.4 Å². The molecule has 0 spiro atoms. The Bertz CT molecular complexity index is 921. The van der Waals surface area contributed by atoms with Gasteiger partial charge in [-0.15, -0.1) is 0 Å². The lowest BCUT2D eigenvalue weighted by molar-refractivity contribution is 0.0637. The maximum absolute atomic E-state index is 12.9. The fourth-order valence-corrected chi connectivity index (χ4v) is 3.51. The Morgan fingerprint density at radius 2 is 1.78 bits per heavy atom. The minimum atomic E-state index is -0.140. The number of hydrogen-bond donors (Lipinski definition) is 1. The van der Waals surface area contributed by atoms with E-state index in [1.54, 1.807) is 17.0 Å². The van der Waals surface area contributed by atoms with Gasteiger partial charge < -0.3 is 4.90 Å². The number of carbonyl (C=O) groups excluding carboxylic acids is 2. The van der Waals surface area contributed by atoms with Gasteiger partial charge in [-0.3, -0.25) is 14.7 Å². The summed E-state index contributed by atoms with van der Waals surface area (Å²) in [4.78, 5) is 31.5. The second-order valence-electron chi connectivity index (χ2n) is 6.73. The highest BCUT2D eigenvalue weighted by molar-refractivity contribution is 5.99. The van der Waals surface area contributed by atoms with Gasteiger partial charge in [0.2, 0.25) is 0 Å². The Morgan fingerprint density at radius 1 is 1.00 bits per heavy atom. The minimum absolute atomic E-state index is 0.0373. The first kappa shape index (κ1) is 17.1. The smallest absolute Gasteiger partial charge is 0.253 e. The molecule has 1 amide bonds. The van der Waals surface area contributed by atoms with Crippen molar-refractivity contribution in [2.75, 3.05) is 13.1 Å². The molecule has 0 radical (unpaired) electrons. The van der Waals surface area contributed by atoms with Crippen molar-refractivity contribution in [3.05, 3.63) is 72.1 Å². The summed E-state index contributed by atoms with van der Waals surface area (Å²) in [6.45, 7) is 1.15. The third kappa shape index (κ3) is 3.65. The molecule has 136 valence electrons. The summed E-state index contributed by atoms with van der Waals surface area (Å²) in [7, 11) is 0. The van der Waals surface area contributed by atoms with Crippen LogP contribution in [0.25, 0.3) is 11.4 Å². The molecule has 6 heteroatoms. The summed E-state index contributed by atoms with van der Waals surface area (Å²) in [5.41, 5.74) is 2.21. The van der Waals surface area contributed by atoms with Crippen LogP contribution in [0.3, 0.4) is 0 Å². The number of nitrogens with zero attached hydrogens (tertiary/aromatic N) is 3. The van der Waals surface area contributed by atoms with Crippen LogP contribution in [0.5, 0.6) is 0 Å². The Balaban J connectivity index is 1.46. The molecule has 0 bridgehead atoms. The number of carbonyl (C=O) groups is 2. The molecule has 1 aromatic heterocycles. The van der Waals surface area contributed by atoms with E-state index in [1.165, 1.54) is 6.33 Å². The highest BCUT2D eigenvalue weighted by Gasteiger charge is 2.29. The molecule has 1 aliphatic heterocycles. The quantitative estimate of drug-likeness (QED) is 0.725. The average Bonchev–Trinajstić information content (AvgIpc) is 3.28. The maximum Gasteiger partial charge on any atom is 0.253 e. The van der Waals surface area contributed by atoms with E-state index in [1.807, 2.05) is 42.5 Å².